The van der Waals surface area contributed by atoms with Crippen molar-refractivity contribution in [2.75, 3.05) is 0 Å². The van der Waals surface area contributed by atoms with Crippen LogP contribution in [0.3, 0.4) is 0 Å². The Morgan fingerprint density at radius 1 is 0.800 bits per heavy atom. The van der Waals surface area contributed by atoms with E-state index < -0.39 is 16.0 Å². The second kappa shape index (κ2) is 11.2. The van der Waals surface area contributed by atoms with Crippen molar-refractivity contribution in [1.29, 1.82) is 0 Å². The SMILES string of the molecule is CC(C)c1cc(C(C)C)c(S(=O)(=O)N(Cc2ccccc2)/C(F)=C\c2ccccc2)c(C(C)C)c1. The first kappa shape index (κ1) is 26.7. The Morgan fingerprint density at radius 3 is 1.74 bits per heavy atom. The largest absolute Gasteiger partial charge is 0.266 e. The summed E-state index contributed by atoms with van der Waals surface area (Å²) in [6, 6.07) is 22.0. The van der Waals surface area contributed by atoms with Gasteiger partial charge in [0.1, 0.15) is 0 Å². The van der Waals surface area contributed by atoms with Gasteiger partial charge in [0.15, 0.2) is 0 Å². The number of halogens is 1. The fourth-order valence-corrected chi connectivity index (χ4v) is 6.09. The maximum Gasteiger partial charge on any atom is 0.266 e. The van der Waals surface area contributed by atoms with E-state index in [4.69, 9.17) is 0 Å². The van der Waals surface area contributed by atoms with Gasteiger partial charge >= 0.3 is 0 Å². The fourth-order valence-electron chi connectivity index (χ4n) is 4.08. The molecule has 0 aliphatic carbocycles. The highest BCUT2D eigenvalue weighted by Crippen LogP contribution is 2.38. The maximum absolute atomic E-state index is 15.9. The molecule has 3 rings (SSSR count). The monoisotopic (exact) mass is 493 g/mol. The average molecular weight is 494 g/mol. The molecule has 186 valence electrons. The molecule has 3 aromatic carbocycles. The van der Waals surface area contributed by atoms with Gasteiger partial charge in [0, 0.05) is 0 Å². The molecule has 0 saturated heterocycles. The van der Waals surface area contributed by atoms with Crippen LogP contribution in [-0.4, -0.2) is 12.7 Å². The quantitative estimate of drug-likeness (QED) is 0.282. The highest BCUT2D eigenvalue weighted by molar-refractivity contribution is 7.89. The smallest absolute Gasteiger partial charge is 0.237 e. The van der Waals surface area contributed by atoms with Crippen LogP contribution in [0.2, 0.25) is 0 Å². The number of rotatable bonds is 9. The molecule has 0 aromatic heterocycles. The fraction of sp³-hybridized carbons (Fsp3) is 0.333. The molecule has 0 saturated carbocycles. The van der Waals surface area contributed by atoms with E-state index in [0.29, 0.717) is 11.1 Å². The Kier molecular flexibility index (Phi) is 8.55. The van der Waals surface area contributed by atoms with Crippen molar-refractivity contribution in [3.8, 4) is 0 Å². The molecule has 0 bridgehead atoms. The third kappa shape index (κ3) is 6.21. The van der Waals surface area contributed by atoms with Crippen molar-refractivity contribution in [1.82, 2.24) is 4.31 Å². The molecule has 0 heterocycles. The van der Waals surface area contributed by atoms with Crippen LogP contribution in [0.25, 0.3) is 6.08 Å². The third-order valence-electron chi connectivity index (χ3n) is 6.12. The zero-order valence-corrected chi connectivity index (χ0v) is 22.3. The lowest BCUT2D eigenvalue weighted by Gasteiger charge is -2.28. The average Bonchev–Trinajstić information content (AvgIpc) is 2.82. The number of benzene rings is 3. The molecule has 0 atom stereocenters. The summed E-state index contributed by atoms with van der Waals surface area (Å²) in [5.74, 6) is -0.652. The van der Waals surface area contributed by atoms with Gasteiger partial charge in [-0.3, -0.25) is 0 Å². The topological polar surface area (TPSA) is 37.4 Å². The molecule has 3 nitrogen and oxygen atoms in total. The van der Waals surface area contributed by atoms with E-state index in [1.54, 1.807) is 24.3 Å². The van der Waals surface area contributed by atoms with Crippen LogP contribution in [0.1, 0.15) is 87.1 Å². The number of nitrogens with zero attached hydrogens (tertiary/aromatic N) is 1. The molecule has 35 heavy (non-hydrogen) atoms. The first-order valence-corrected chi connectivity index (χ1v) is 13.6. The van der Waals surface area contributed by atoms with Gasteiger partial charge in [-0.15, -0.1) is 0 Å². The van der Waals surface area contributed by atoms with Crippen LogP contribution >= 0.6 is 0 Å². The van der Waals surface area contributed by atoms with Crippen molar-refractivity contribution in [3.63, 3.8) is 0 Å². The first-order valence-electron chi connectivity index (χ1n) is 12.2. The maximum atomic E-state index is 15.9. The molecule has 0 amide bonds. The van der Waals surface area contributed by atoms with Crippen molar-refractivity contribution >= 4 is 16.1 Å². The molecular formula is C30H36FNO2S. The summed E-state index contributed by atoms with van der Waals surface area (Å²) < 4.78 is 45.5. The molecule has 3 aromatic rings. The highest BCUT2D eigenvalue weighted by atomic mass is 32.2. The Hall–Kier alpha value is -2.92. The van der Waals surface area contributed by atoms with Crippen LogP contribution in [0.4, 0.5) is 4.39 Å². The normalized spacial score (nSPS) is 12.6. The molecule has 0 fully saturated rings. The van der Waals surface area contributed by atoms with E-state index in [-0.39, 0.29) is 29.2 Å². The van der Waals surface area contributed by atoms with Crippen LogP contribution in [0.5, 0.6) is 0 Å². The predicted molar refractivity (Wildman–Crippen MR) is 143 cm³/mol. The molecule has 0 radical (unpaired) electrons. The van der Waals surface area contributed by atoms with E-state index in [0.717, 1.165) is 21.0 Å². The standard InChI is InChI=1S/C30H36FNO2S/c1-21(2)26-18-27(22(3)4)30(28(19-26)23(5)6)35(33,34)32(20-25-15-11-8-12-16-25)29(31)17-24-13-9-7-10-14-24/h7-19,21-23H,20H2,1-6H3/b29-17-. The number of hydrogen-bond acceptors (Lipinski definition) is 2. The van der Waals surface area contributed by atoms with Crippen LogP contribution in [0, 0.1) is 0 Å². The summed E-state index contributed by atoms with van der Waals surface area (Å²) in [5, 5.41) is 0. The predicted octanol–water partition coefficient (Wildman–Crippen LogP) is 8.22. The Labute approximate surface area is 210 Å². The van der Waals surface area contributed by atoms with Gasteiger partial charge in [-0.25, -0.2) is 12.7 Å². The summed E-state index contributed by atoms with van der Waals surface area (Å²) in [5.41, 5.74) is 3.85. The van der Waals surface area contributed by atoms with E-state index in [1.807, 2.05) is 76.2 Å². The highest BCUT2D eigenvalue weighted by Gasteiger charge is 2.34. The summed E-state index contributed by atoms with van der Waals surface area (Å²) in [7, 11) is -4.22. The Balaban J connectivity index is 2.27. The second-order valence-corrected chi connectivity index (χ2v) is 11.7. The van der Waals surface area contributed by atoms with Gasteiger partial charge in [0.25, 0.3) is 10.0 Å². The number of hydrogen-bond donors (Lipinski definition) is 0. The molecule has 5 heteroatoms. The lowest BCUT2D eigenvalue weighted by atomic mass is 9.89. The second-order valence-electron chi connectivity index (χ2n) is 9.87. The molecule has 0 aliphatic rings. The zero-order valence-electron chi connectivity index (χ0n) is 21.5. The first-order chi connectivity index (χ1) is 16.5. The lowest BCUT2D eigenvalue weighted by molar-refractivity contribution is 0.383. The molecule has 0 spiro atoms. The molecular weight excluding hydrogens is 457 g/mol. The molecule has 0 aliphatic heterocycles. The van der Waals surface area contributed by atoms with Crippen LogP contribution < -0.4 is 0 Å². The van der Waals surface area contributed by atoms with Crippen molar-refractivity contribution in [2.24, 2.45) is 0 Å². The summed E-state index contributed by atoms with van der Waals surface area (Å²) >= 11 is 0. The van der Waals surface area contributed by atoms with E-state index in [9.17, 15) is 8.42 Å². The zero-order chi connectivity index (χ0) is 25.8. The molecule has 0 N–H and O–H groups in total. The van der Waals surface area contributed by atoms with Gasteiger partial charge in [-0.05, 0) is 51.6 Å². The Bertz CT molecular complexity index is 1240. The minimum atomic E-state index is -4.22. The van der Waals surface area contributed by atoms with E-state index >= 15 is 4.39 Å². The Morgan fingerprint density at radius 2 is 1.29 bits per heavy atom. The van der Waals surface area contributed by atoms with E-state index in [2.05, 4.69) is 13.8 Å². The van der Waals surface area contributed by atoms with Crippen molar-refractivity contribution in [3.05, 3.63) is 107 Å². The van der Waals surface area contributed by atoms with Crippen LogP contribution in [0.15, 0.2) is 83.6 Å². The van der Waals surface area contributed by atoms with Gasteiger partial charge in [-0.2, -0.15) is 4.39 Å². The van der Waals surface area contributed by atoms with Crippen molar-refractivity contribution < 1.29 is 12.8 Å². The van der Waals surface area contributed by atoms with E-state index in [1.165, 1.54) is 6.08 Å². The molecule has 0 unspecified atom stereocenters. The third-order valence-corrected chi connectivity index (χ3v) is 7.99. The summed E-state index contributed by atoms with van der Waals surface area (Å²) in [4.78, 5) is 0.222. The lowest BCUT2D eigenvalue weighted by Crippen LogP contribution is -2.31. The van der Waals surface area contributed by atoms with Gasteiger partial charge in [0.2, 0.25) is 5.95 Å². The minimum Gasteiger partial charge on any atom is -0.237 e. The summed E-state index contributed by atoms with van der Waals surface area (Å²) in [6.07, 6.45) is 1.28. The van der Waals surface area contributed by atoms with Gasteiger partial charge in [-0.1, -0.05) is 114 Å². The number of sulfonamides is 1. The minimum absolute atomic E-state index is 0.0456. The van der Waals surface area contributed by atoms with Gasteiger partial charge in [0.05, 0.1) is 11.4 Å². The summed E-state index contributed by atoms with van der Waals surface area (Å²) in [6.45, 7) is 12.0. The van der Waals surface area contributed by atoms with Gasteiger partial charge < -0.3 is 0 Å². The van der Waals surface area contributed by atoms with Crippen molar-refractivity contribution in [2.45, 2.75) is 70.7 Å². The van der Waals surface area contributed by atoms with Crippen LogP contribution in [-0.2, 0) is 16.6 Å².